The van der Waals surface area contributed by atoms with E-state index < -0.39 is 16.1 Å². The largest absolute Gasteiger partial charge is 0.485 e. The van der Waals surface area contributed by atoms with Crippen molar-refractivity contribution in [3.8, 4) is 11.5 Å². The zero-order chi connectivity index (χ0) is 20.3. The first-order valence-corrected chi connectivity index (χ1v) is 11.3. The Morgan fingerprint density at radius 2 is 1.59 bits per heavy atom. The van der Waals surface area contributed by atoms with Crippen LogP contribution in [0.2, 0.25) is 0 Å². The van der Waals surface area contributed by atoms with Crippen molar-refractivity contribution in [2.24, 2.45) is 0 Å². The van der Waals surface area contributed by atoms with Gasteiger partial charge in [-0.1, -0.05) is 25.0 Å². The highest BCUT2D eigenvalue weighted by Crippen LogP contribution is 2.31. The van der Waals surface area contributed by atoms with E-state index in [-0.39, 0.29) is 17.4 Å². The molecule has 2 heterocycles. The van der Waals surface area contributed by atoms with Crippen molar-refractivity contribution in [2.75, 3.05) is 25.0 Å². The minimum Gasteiger partial charge on any atom is -0.485 e. The monoisotopic (exact) mass is 416 g/mol. The number of hydrogen-bond donors (Lipinski definition) is 1. The second-order valence-corrected chi connectivity index (χ2v) is 9.13. The molecule has 0 saturated carbocycles. The number of para-hydroxylation sites is 2. The molecule has 1 saturated heterocycles. The molecule has 154 valence electrons. The van der Waals surface area contributed by atoms with Gasteiger partial charge in [0.2, 0.25) is 16.1 Å². The molecule has 1 N–H and O–H groups in total. The Balaban J connectivity index is 1.41. The molecule has 1 amide bonds. The minimum absolute atomic E-state index is 0.115. The second kappa shape index (κ2) is 8.42. The lowest BCUT2D eigenvalue weighted by atomic mass is 10.2. The Morgan fingerprint density at radius 3 is 2.28 bits per heavy atom. The maximum atomic E-state index is 12.8. The number of hydrogen-bond acceptors (Lipinski definition) is 5. The predicted octanol–water partition coefficient (Wildman–Crippen LogP) is 3.03. The average Bonchev–Trinajstić information content (AvgIpc) is 3.04. The minimum atomic E-state index is -3.51. The average molecular weight is 416 g/mol. The van der Waals surface area contributed by atoms with Gasteiger partial charge in [-0.05, 0) is 49.2 Å². The molecule has 0 radical (unpaired) electrons. The van der Waals surface area contributed by atoms with Gasteiger partial charge in [-0.25, -0.2) is 8.42 Å². The number of sulfonamides is 1. The van der Waals surface area contributed by atoms with Gasteiger partial charge in [0.05, 0.1) is 4.90 Å². The summed E-state index contributed by atoms with van der Waals surface area (Å²) in [5.41, 5.74) is 0.507. The van der Waals surface area contributed by atoms with Gasteiger partial charge in [0.15, 0.2) is 11.5 Å². The molecule has 2 aliphatic rings. The van der Waals surface area contributed by atoms with Gasteiger partial charge in [-0.3, -0.25) is 4.79 Å². The van der Waals surface area contributed by atoms with E-state index in [1.165, 1.54) is 12.1 Å². The molecular formula is C21H24N2O5S. The molecule has 1 atom stereocenters. The van der Waals surface area contributed by atoms with E-state index >= 15 is 0 Å². The molecule has 29 heavy (non-hydrogen) atoms. The summed E-state index contributed by atoms with van der Waals surface area (Å²) in [6.07, 6.45) is 3.13. The highest BCUT2D eigenvalue weighted by Gasteiger charge is 2.28. The highest BCUT2D eigenvalue weighted by atomic mass is 32.2. The molecule has 1 fully saturated rings. The number of ether oxygens (including phenoxy) is 2. The third kappa shape index (κ3) is 4.38. The van der Waals surface area contributed by atoms with Gasteiger partial charge in [0, 0.05) is 18.8 Å². The fourth-order valence-electron chi connectivity index (χ4n) is 3.51. The zero-order valence-electron chi connectivity index (χ0n) is 16.0. The normalized spacial score (nSPS) is 19.9. The molecule has 0 aliphatic carbocycles. The van der Waals surface area contributed by atoms with Crippen molar-refractivity contribution in [1.82, 2.24) is 4.31 Å². The van der Waals surface area contributed by atoms with Crippen LogP contribution in [-0.2, 0) is 14.8 Å². The van der Waals surface area contributed by atoms with E-state index in [0.29, 0.717) is 30.3 Å². The highest BCUT2D eigenvalue weighted by molar-refractivity contribution is 7.89. The molecule has 2 aromatic rings. The predicted molar refractivity (Wildman–Crippen MR) is 109 cm³/mol. The second-order valence-electron chi connectivity index (χ2n) is 7.20. The zero-order valence-corrected chi connectivity index (χ0v) is 16.9. The van der Waals surface area contributed by atoms with Gasteiger partial charge in [0.25, 0.3) is 5.91 Å². The first-order valence-electron chi connectivity index (χ1n) is 9.83. The number of anilines is 1. The first kappa shape index (κ1) is 19.7. The summed E-state index contributed by atoms with van der Waals surface area (Å²) >= 11 is 0. The molecular weight excluding hydrogens is 392 g/mol. The fourth-order valence-corrected chi connectivity index (χ4v) is 5.03. The standard InChI is InChI=1S/C21H24N2O5S/c24-21(20-15-27-18-7-3-4-8-19(18)28-20)22-16-9-11-17(12-10-16)29(25,26)23-13-5-1-2-6-14-23/h3-4,7-12,20H,1-2,5-6,13-15H2,(H,22,24). The topological polar surface area (TPSA) is 84.9 Å². The van der Waals surface area contributed by atoms with Crippen LogP contribution in [0.5, 0.6) is 11.5 Å². The Morgan fingerprint density at radius 1 is 0.931 bits per heavy atom. The summed E-state index contributed by atoms with van der Waals surface area (Å²) in [4.78, 5) is 12.7. The Kier molecular flexibility index (Phi) is 5.73. The van der Waals surface area contributed by atoms with Crippen LogP contribution in [0.25, 0.3) is 0 Å². The lowest BCUT2D eigenvalue weighted by Gasteiger charge is -2.25. The Bertz CT molecular complexity index is 967. The number of rotatable bonds is 4. The first-order chi connectivity index (χ1) is 14.0. The third-order valence-electron chi connectivity index (χ3n) is 5.13. The van der Waals surface area contributed by atoms with Crippen molar-refractivity contribution >= 4 is 21.6 Å². The van der Waals surface area contributed by atoms with Gasteiger partial charge >= 0.3 is 0 Å². The third-order valence-corrected chi connectivity index (χ3v) is 7.04. The molecule has 0 spiro atoms. The maximum absolute atomic E-state index is 12.8. The van der Waals surface area contributed by atoms with Crippen molar-refractivity contribution < 1.29 is 22.7 Å². The Labute approximate surface area is 170 Å². The summed E-state index contributed by atoms with van der Waals surface area (Å²) in [6.45, 7) is 1.23. The lowest BCUT2D eigenvalue weighted by Crippen LogP contribution is -2.40. The van der Waals surface area contributed by atoms with Crippen LogP contribution in [0, 0.1) is 0 Å². The molecule has 2 aromatic carbocycles. The lowest BCUT2D eigenvalue weighted by molar-refractivity contribution is -0.125. The number of benzene rings is 2. The van der Waals surface area contributed by atoms with E-state index in [9.17, 15) is 13.2 Å². The van der Waals surface area contributed by atoms with Gasteiger partial charge in [-0.15, -0.1) is 0 Å². The number of nitrogens with zero attached hydrogens (tertiary/aromatic N) is 1. The summed E-state index contributed by atoms with van der Waals surface area (Å²) in [5.74, 6) is 0.792. The van der Waals surface area contributed by atoms with Crippen molar-refractivity contribution in [1.29, 1.82) is 0 Å². The smallest absolute Gasteiger partial charge is 0.269 e. The number of amides is 1. The van der Waals surface area contributed by atoms with Crippen LogP contribution in [-0.4, -0.2) is 44.4 Å². The maximum Gasteiger partial charge on any atom is 0.269 e. The summed E-state index contributed by atoms with van der Waals surface area (Å²) in [6, 6.07) is 13.4. The molecule has 1 unspecified atom stereocenters. The SMILES string of the molecule is O=C(Nc1ccc(S(=O)(=O)N2CCCCCC2)cc1)C1COc2ccccc2O1. The number of carbonyl (C=O) groups is 1. The molecule has 0 bridgehead atoms. The van der Waals surface area contributed by atoms with E-state index in [1.807, 2.05) is 12.1 Å². The number of carbonyl (C=O) groups excluding carboxylic acids is 1. The van der Waals surface area contributed by atoms with Crippen molar-refractivity contribution in [3.05, 3.63) is 48.5 Å². The van der Waals surface area contributed by atoms with Crippen molar-refractivity contribution in [2.45, 2.75) is 36.7 Å². The van der Waals surface area contributed by atoms with E-state index in [0.717, 1.165) is 25.7 Å². The molecule has 4 rings (SSSR count). The number of nitrogens with one attached hydrogen (secondary N) is 1. The van der Waals surface area contributed by atoms with Crippen molar-refractivity contribution in [3.63, 3.8) is 0 Å². The number of fused-ring (bicyclic) bond motifs is 1. The van der Waals surface area contributed by atoms with Gasteiger partial charge in [-0.2, -0.15) is 4.31 Å². The van der Waals surface area contributed by atoms with Crippen LogP contribution in [0.4, 0.5) is 5.69 Å². The molecule has 2 aliphatic heterocycles. The van der Waals surface area contributed by atoms with Crippen LogP contribution in [0.1, 0.15) is 25.7 Å². The Hall–Kier alpha value is -2.58. The quantitative estimate of drug-likeness (QED) is 0.828. The van der Waals surface area contributed by atoms with Gasteiger partial charge in [0.1, 0.15) is 6.61 Å². The van der Waals surface area contributed by atoms with E-state index in [4.69, 9.17) is 9.47 Å². The van der Waals surface area contributed by atoms with E-state index in [1.54, 1.807) is 28.6 Å². The van der Waals surface area contributed by atoms with Crippen LogP contribution in [0.15, 0.2) is 53.4 Å². The van der Waals surface area contributed by atoms with Gasteiger partial charge < -0.3 is 14.8 Å². The summed E-state index contributed by atoms with van der Waals surface area (Å²) in [7, 11) is -3.51. The fraction of sp³-hybridized carbons (Fsp3) is 0.381. The van der Waals surface area contributed by atoms with E-state index in [2.05, 4.69) is 5.32 Å². The summed E-state index contributed by atoms with van der Waals surface area (Å²) < 4.78 is 38.5. The van der Waals surface area contributed by atoms with Crippen LogP contribution in [0.3, 0.4) is 0 Å². The molecule has 8 heteroatoms. The van der Waals surface area contributed by atoms with Crippen LogP contribution >= 0.6 is 0 Å². The summed E-state index contributed by atoms with van der Waals surface area (Å²) in [5, 5.41) is 2.76. The van der Waals surface area contributed by atoms with Crippen LogP contribution < -0.4 is 14.8 Å². The molecule has 7 nitrogen and oxygen atoms in total. The molecule has 0 aromatic heterocycles.